The van der Waals surface area contributed by atoms with Gasteiger partial charge in [0.05, 0.1) is 28.1 Å². The number of nitrogens with two attached hydrogens (primary N) is 1. The molecular formula is C13H10ClN5OS. The van der Waals surface area contributed by atoms with Crippen LogP contribution in [0.1, 0.15) is 16.1 Å². The number of halogens is 1. The summed E-state index contributed by atoms with van der Waals surface area (Å²) in [4.78, 5) is 16.4. The lowest BCUT2D eigenvalue weighted by Gasteiger charge is -2.08. The third kappa shape index (κ3) is 2.71. The Balaban J connectivity index is 1.96. The highest BCUT2D eigenvalue weighted by Crippen LogP contribution is 2.30. The number of hydrogen-bond donors (Lipinski definition) is 2. The Morgan fingerprint density at radius 1 is 1.33 bits per heavy atom. The van der Waals surface area contributed by atoms with Gasteiger partial charge in [-0.2, -0.15) is 8.75 Å². The zero-order valence-electron chi connectivity index (χ0n) is 10.7. The molecule has 0 aliphatic rings. The summed E-state index contributed by atoms with van der Waals surface area (Å²) in [6.07, 6.45) is 1.55. The van der Waals surface area contributed by atoms with Crippen LogP contribution < -0.4 is 11.1 Å². The summed E-state index contributed by atoms with van der Waals surface area (Å²) in [5, 5.41) is 3.19. The fourth-order valence-corrected chi connectivity index (χ4v) is 2.60. The van der Waals surface area contributed by atoms with Crippen molar-refractivity contribution in [1.82, 2.24) is 13.7 Å². The highest BCUT2D eigenvalue weighted by Gasteiger charge is 2.14. The van der Waals surface area contributed by atoms with Gasteiger partial charge < -0.3 is 11.1 Å². The van der Waals surface area contributed by atoms with Gasteiger partial charge in [0.25, 0.3) is 5.91 Å². The Morgan fingerprint density at radius 3 is 3.00 bits per heavy atom. The van der Waals surface area contributed by atoms with Crippen LogP contribution in [0.2, 0.25) is 5.02 Å². The van der Waals surface area contributed by atoms with E-state index in [2.05, 4.69) is 19.0 Å². The monoisotopic (exact) mass is 319 g/mol. The number of carbonyl (C=O) groups excluding carboxylic acids is 1. The molecule has 0 fully saturated rings. The zero-order chi connectivity index (χ0) is 14.8. The first-order valence-corrected chi connectivity index (χ1v) is 7.17. The predicted octanol–water partition coefficient (Wildman–Crippen LogP) is 2.45. The molecular weight excluding hydrogens is 310 g/mol. The summed E-state index contributed by atoms with van der Waals surface area (Å²) < 4.78 is 8.28. The number of aromatic nitrogens is 3. The van der Waals surface area contributed by atoms with E-state index < -0.39 is 0 Å². The second-order valence-electron chi connectivity index (χ2n) is 4.25. The summed E-state index contributed by atoms with van der Waals surface area (Å²) in [6.45, 7) is 0.271. The lowest BCUT2D eigenvalue weighted by Crippen LogP contribution is -2.14. The number of carbonyl (C=O) groups is 1. The first-order valence-electron chi connectivity index (χ1n) is 6.06. The minimum atomic E-state index is -0.297. The Bertz CT molecular complexity index is 819. The third-order valence-electron chi connectivity index (χ3n) is 2.90. The van der Waals surface area contributed by atoms with Crippen LogP contribution in [-0.2, 0) is 6.54 Å². The zero-order valence-corrected chi connectivity index (χ0v) is 12.3. The number of hydrogen-bond acceptors (Lipinski definition) is 6. The number of benzene rings is 1. The Morgan fingerprint density at radius 2 is 2.19 bits per heavy atom. The molecule has 0 saturated heterocycles. The van der Waals surface area contributed by atoms with Gasteiger partial charge in [0, 0.05) is 18.3 Å². The Labute approximate surface area is 129 Å². The molecule has 106 valence electrons. The van der Waals surface area contributed by atoms with E-state index in [1.807, 2.05) is 0 Å². The highest BCUT2D eigenvalue weighted by molar-refractivity contribution is 7.00. The number of fused-ring (bicyclic) bond motifs is 1. The maximum absolute atomic E-state index is 12.3. The van der Waals surface area contributed by atoms with Crippen LogP contribution in [-0.4, -0.2) is 19.6 Å². The average molecular weight is 320 g/mol. The van der Waals surface area contributed by atoms with E-state index in [0.29, 0.717) is 33.0 Å². The van der Waals surface area contributed by atoms with E-state index in [4.69, 9.17) is 17.3 Å². The minimum absolute atomic E-state index is 0.271. The summed E-state index contributed by atoms with van der Waals surface area (Å²) >= 11 is 7.21. The SMILES string of the molecule is NCc1cc(C(=O)Nc2c(Cl)ccc3nsnc23)ccn1. The number of nitrogens with zero attached hydrogens (tertiary/aromatic N) is 3. The molecule has 0 atom stereocenters. The molecule has 21 heavy (non-hydrogen) atoms. The van der Waals surface area contributed by atoms with Gasteiger partial charge in [-0.25, -0.2) is 0 Å². The number of nitrogens with one attached hydrogen (secondary N) is 1. The second-order valence-corrected chi connectivity index (χ2v) is 5.18. The van der Waals surface area contributed by atoms with Crippen LogP contribution in [0, 0.1) is 0 Å². The topological polar surface area (TPSA) is 93.8 Å². The van der Waals surface area contributed by atoms with Crippen LogP contribution in [0.3, 0.4) is 0 Å². The highest BCUT2D eigenvalue weighted by atomic mass is 35.5. The molecule has 0 aliphatic carbocycles. The summed E-state index contributed by atoms with van der Waals surface area (Å²) in [5.41, 5.74) is 8.35. The average Bonchev–Trinajstić information content (AvgIpc) is 2.99. The van der Waals surface area contributed by atoms with E-state index in [1.165, 1.54) is 0 Å². The van der Waals surface area contributed by atoms with E-state index >= 15 is 0 Å². The molecule has 3 aromatic rings. The van der Waals surface area contributed by atoms with Gasteiger partial charge in [-0.15, -0.1) is 0 Å². The van der Waals surface area contributed by atoms with Gasteiger partial charge in [-0.05, 0) is 24.3 Å². The van der Waals surface area contributed by atoms with Crippen LogP contribution >= 0.6 is 23.3 Å². The van der Waals surface area contributed by atoms with Crippen LogP contribution in [0.5, 0.6) is 0 Å². The summed E-state index contributed by atoms with van der Waals surface area (Å²) in [7, 11) is 0. The Hall–Kier alpha value is -2.09. The second kappa shape index (κ2) is 5.72. The quantitative estimate of drug-likeness (QED) is 0.773. The van der Waals surface area contributed by atoms with Crippen molar-refractivity contribution in [3.05, 3.63) is 46.7 Å². The van der Waals surface area contributed by atoms with Gasteiger partial charge in [0.2, 0.25) is 0 Å². The molecule has 1 amide bonds. The van der Waals surface area contributed by atoms with Gasteiger partial charge >= 0.3 is 0 Å². The van der Waals surface area contributed by atoms with Crippen LogP contribution in [0.4, 0.5) is 5.69 Å². The molecule has 2 aromatic heterocycles. The van der Waals surface area contributed by atoms with Crippen molar-refractivity contribution >= 4 is 46.0 Å². The number of pyridine rings is 1. The molecule has 3 N–H and O–H groups in total. The predicted molar refractivity (Wildman–Crippen MR) is 82.5 cm³/mol. The third-order valence-corrected chi connectivity index (χ3v) is 3.76. The summed E-state index contributed by atoms with van der Waals surface area (Å²) in [5.74, 6) is -0.297. The van der Waals surface area contributed by atoms with Crippen molar-refractivity contribution in [3.8, 4) is 0 Å². The smallest absolute Gasteiger partial charge is 0.255 e. The molecule has 1 aromatic carbocycles. The molecule has 6 nitrogen and oxygen atoms in total. The fraction of sp³-hybridized carbons (Fsp3) is 0.0769. The van der Waals surface area contributed by atoms with Crippen molar-refractivity contribution in [1.29, 1.82) is 0 Å². The molecule has 2 heterocycles. The molecule has 0 bridgehead atoms. The van der Waals surface area contributed by atoms with E-state index in [9.17, 15) is 4.79 Å². The first kappa shape index (κ1) is 13.9. The normalized spacial score (nSPS) is 10.8. The van der Waals surface area contributed by atoms with Crippen molar-refractivity contribution in [2.75, 3.05) is 5.32 Å². The number of anilines is 1. The van der Waals surface area contributed by atoms with E-state index in [0.717, 1.165) is 11.7 Å². The molecule has 8 heteroatoms. The number of rotatable bonds is 3. The molecule has 0 aliphatic heterocycles. The van der Waals surface area contributed by atoms with E-state index in [-0.39, 0.29) is 12.5 Å². The maximum Gasteiger partial charge on any atom is 0.255 e. The lowest BCUT2D eigenvalue weighted by molar-refractivity contribution is 0.102. The van der Waals surface area contributed by atoms with Crippen molar-refractivity contribution in [2.45, 2.75) is 6.54 Å². The molecule has 0 unspecified atom stereocenters. The van der Waals surface area contributed by atoms with Crippen molar-refractivity contribution < 1.29 is 4.79 Å². The maximum atomic E-state index is 12.3. The van der Waals surface area contributed by atoms with Gasteiger partial charge in [0.1, 0.15) is 11.0 Å². The largest absolute Gasteiger partial charge is 0.325 e. The fourth-order valence-electron chi connectivity index (χ4n) is 1.86. The van der Waals surface area contributed by atoms with Crippen LogP contribution in [0.25, 0.3) is 11.0 Å². The van der Waals surface area contributed by atoms with Crippen molar-refractivity contribution in [3.63, 3.8) is 0 Å². The first-order chi connectivity index (χ1) is 10.2. The van der Waals surface area contributed by atoms with Gasteiger partial charge in [-0.1, -0.05) is 11.6 Å². The molecule has 3 rings (SSSR count). The Kier molecular flexibility index (Phi) is 3.78. The lowest BCUT2D eigenvalue weighted by atomic mass is 10.2. The minimum Gasteiger partial charge on any atom is -0.325 e. The van der Waals surface area contributed by atoms with Gasteiger partial charge in [-0.3, -0.25) is 9.78 Å². The number of amides is 1. The summed E-state index contributed by atoms with van der Waals surface area (Å²) in [6, 6.07) is 6.69. The molecule has 0 radical (unpaired) electrons. The van der Waals surface area contributed by atoms with Crippen molar-refractivity contribution in [2.24, 2.45) is 5.73 Å². The molecule has 0 saturated carbocycles. The van der Waals surface area contributed by atoms with Gasteiger partial charge in [0.15, 0.2) is 0 Å². The van der Waals surface area contributed by atoms with E-state index in [1.54, 1.807) is 30.5 Å². The van der Waals surface area contributed by atoms with Crippen LogP contribution in [0.15, 0.2) is 30.5 Å². The molecule has 0 spiro atoms. The standard InChI is InChI=1S/C13H10ClN5OS/c14-9-1-2-10-12(19-21-18-10)11(9)17-13(20)7-3-4-16-8(5-7)6-15/h1-5H,6,15H2,(H,17,20).